The minimum atomic E-state index is -2.29. The standard InChI is InChI=1S/C45H36O17/c46-19-5-1-16(2-6-19)40-30(56)13-21-24(50)14-28(54)34(42(21)59-40)37-35-29(55)15-32-36(43(35)60-41(39(37)57)17-3-7-22(48)25(51)9-17)38-33-27(53)11-20(47)12-31(33)61-45(62-32,44(38)58)18-4-8-23(49)26(52)10-18/h1-12,14-15,30,37-41,44,46-58H,13H2. The molecule has 62 heavy (non-hydrogen) atoms. The van der Waals surface area contributed by atoms with Gasteiger partial charge in [-0.15, -0.1) is 0 Å². The van der Waals surface area contributed by atoms with Gasteiger partial charge in [0.05, 0.1) is 17.9 Å². The van der Waals surface area contributed by atoms with Crippen molar-refractivity contribution in [3.63, 3.8) is 0 Å². The summed E-state index contributed by atoms with van der Waals surface area (Å²) < 4.78 is 25.7. The van der Waals surface area contributed by atoms with Crippen molar-refractivity contribution in [2.24, 2.45) is 0 Å². The molecule has 0 radical (unpaired) electrons. The smallest absolute Gasteiger partial charge is 0.305 e. The molecular weight excluding hydrogens is 812 g/mol. The Hall–Kier alpha value is -7.60. The summed E-state index contributed by atoms with van der Waals surface area (Å²) in [6.45, 7) is 0. The molecule has 4 aliphatic rings. The molecule has 4 heterocycles. The Morgan fingerprint density at radius 1 is 0.452 bits per heavy atom. The van der Waals surface area contributed by atoms with E-state index in [2.05, 4.69) is 0 Å². The van der Waals surface area contributed by atoms with Crippen LogP contribution in [0.4, 0.5) is 0 Å². The molecular formula is C45H36O17. The van der Waals surface area contributed by atoms with E-state index in [1.54, 1.807) is 0 Å². The first-order valence-electron chi connectivity index (χ1n) is 19.2. The van der Waals surface area contributed by atoms with E-state index >= 15 is 0 Å². The van der Waals surface area contributed by atoms with Crippen molar-refractivity contribution >= 4 is 0 Å². The van der Waals surface area contributed by atoms with Gasteiger partial charge in [0.1, 0.15) is 75.8 Å². The van der Waals surface area contributed by atoms with E-state index < -0.39 is 99.9 Å². The Balaban J connectivity index is 1.25. The second-order valence-electron chi connectivity index (χ2n) is 15.7. The lowest BCUT2D eigenvalue weighted by Gasteiger charge is -2.51. The summed E-state index contributed by atoms with van der Waals surface area (Å²) in [5.74, 6) is -11.2. The Bertz CT molecular complexity index is 2840. The van der Waals surface area contributed by atoms with Crippen molar-refractivity contribution in [1.29, 1.82) is 0 Å². The fourth-order valence-electron chi connectivity index (χ4n) is 9.27. The van der Waals surface area contributed by atoms with Crippen molar-refractivity contribution in [1.82, 2.24) is 0 Å². The number of benzene rings is 6. The van der Waals surface area contributed by atoms with Gasteiger partial charge in [-0.25, -0.2) is 0 Å². The number of aliphatic hydroxyl groups is 3. The molecule has 0 amide bonds. The van der Waals surface area contributed by atoms with Gasteiger partial charge in [0.2, 0.25) is 0 Å². The number of rotatable bonds is 4. The van der Waals surface area contributed by atoms with Crippen LogP contribution in [0.15, 0.2) is 84.9 Å². The molecule has 17 heteroatoms. The lowest BCUT2D eigenvalue weighted by atomic mass is 9.71. The molecule has 0 saturated carbocycles. The summed E-state index contributed by atoms with van der Waals surface area (Å²) in [5.41, 5.74) is -0.0983. The lowest BCUT2D eigenvalue weighted by molar-refractivity contribution is -0.219. The van der Waals surface area contributed by atoms with Crippen molar-refractivity contribution < 1.29 is 85.3 Å². The average molecular weight is 849 g/mol. The van der Waals surface area contributed by atoms with E-state index in [-0.39, 0.29) is 74.1 Å². The van der Waals surface area contributed by atoms with Gasteiger partial charge in [0.15, 0.2) is 29.1 Å². The van der Waals surface area contributed by atoms with Crippen LogP contribution in [0.1, 0.15) is 68.6 Å². The minimum absolute atomic E-state index is 0.0284. The zero-order valence-corrected chi connectivity index (χ0v) is 31.8. The first kappa shape index (κ1) is 38.6. The number of phenols is 10. The summed E-state index contributed by atoms with van der Waals surface area (Å²) in [6.07, 6.45) is -7.83. The minimum Gasteiger partial charge on any atom is -0.508 e. The van der Waals surface area contributed by atoms with Crippen LogP contribution >= 0.6 is 0 Å². The number of hydrogen-bond donors (Lipinski definition) is 13. The maximum atomic E-state index is 12.5. The highest BCUT2D eigenvalue weighted by Gasteiger charge is 2.61. The first-order valence-corrected chi connectivity index (χ1v) is 19.2. The van der Waals surface area contributed by atoms with E-state index in [9.17, 15) is 66.4 Å². The van der Waals surface area contributed by atoms with Crippen LogP contribution in [0.25, 0.3) is 0 Å². The van der Waals surface area contributed by atoms with Crippen LogP contribution < -0.4 is 18.9 Å². The fourth-order valence-corrected chi connectivity index (χ4v) is 9.27. The second-order valence-corrected chi connectivity index (χ2v) is 15.7. The van der Waals surface area contributed by atoms with Gasteiger partial charge in [-0.2, -0.15) is 0 Å². The van der Waals surface area contributed by atoms with Crippen molar-refractivity contribution in [2.45, 2.75) is 54.6 Å². The second kappa shape index (κ2) is 13.5. The fraction of sp³-hybridized carbons (Fsp3) is 0.200. The summed E-state index contributed by atoms with van der Waals surface area (Å²) in [4.78, 5) is 0. The average Bonchev–Trinajstić information content (AvgIpc) is 3.21. The molecule has 17 nitrogen and oxygen atoms in total. The van der Waals surface area contributed by atoms with E-state index in [1.165, 1.54) is 36.4 Å². The predicted octanol–water partition coefficient (Wildman–Crippen LogP) is 4.54. The molecule has 8 unspecified atom stereocenters. The van der Waals surface area contributed by atoms with Crippen molar-refractivity contribution in [3.05, 3.63) is 129 Å². The van der Waals surface area contributed by atoms with Gasteiger partial charge in [0.25, 0.3) is 0 Å². The molecule has 0 fully saturated rings. The predicted molar refractivity (Wildman–Crippen MR) is 210 cm³/mol. The molecule has 6 aromatic carbocycles. The molecule has 0 aromatic heterocycles. The van der Waals surface area contributed by atoms with Crippen LogP contribution in [0.3, 0.4) is 0 Å². The molecule has 6 aromatic rings. The maximum Gasteiger partial charge on any atom is 0.305 e. The number of phenolic OH excluding ortho intramolecular Hbond substituents is 10. The van der Waals surface area contributed by atoms with E-state index in [0.717, 1.165) is 48.5 Å². The highest BCUT2D eigenvalue weighted by atomic mass is 16.7. The van der Waals surface area contributed by atoms with Gasteiger partial charge in [-0.05, 0) is 53.6 Å². The molecule has 0 spiro atoms. The van der Waals surface area contributed by atoms with E-state index in [4.69, 9.17) is 18.9 Å². The molecule has 10 rings (SSSR count). The van der Waals surface area contributed by atoms with Crippen LogP contribution in [-0.4, -0.2) is 84.7 Å². The van der Waals surface area contributed by atoms with Crippen molar-refractivity contribution in [2.75, 3.05) is 0 Å². The summed E-state index contributed by atoms with van der Waals surface area (Å²) in [5, 5.41) is 145. The number of fused-ring (bicyclic) bond motifs is 9. The van der Waals surface area contributed by atoms with Crippen LogP contribution in [-0.2, 0) is 12.2 Å². The molecule has 318 valence electrons. The van der Waals surface area contributed by atoms with Crippen LogP contribution in [0.2, 0.25) is 0 Å². The molecule has 13 N–H and O–H groups in total. The number of aliphatic hydroxyl groups excluding tert-OH is 3. The Kier molecular flexibility index (Phi) is 8.37. The van der Waals surface area contributed by atoms with Crippen LogP contribution in [0.5, 0.6) is 80.5 Å². The topological polar surface area (TPSA) is 300 Å². The third kappa shape index (κ3) is 5.52. The van der Waals surface area contributed by atoms with Gasteiger partial charge in [0, 0.05) is 64.1 Å². The zero-order valence-electron chi connectivity index (χ0n) is 31.8. The third-order valence-electron chi connectivity index (χ3n) is 12.1. The van der Waals surface area contributed by atoms with Crippen LogP contribution in [0, 0.1) is 0 Å². The number of hydrogen-bond acceptors (Lipinski definition) is 17. The monoisotopic (exact) mass is 848 g/mol. The molecule has 0 aliphatic carbocycles. The number of aromatic hydroxyl groups is 10. The largest absolute Gasteiger partial charge is 0.508 e. The normalized spacial score (nSPS) is 25.4. The first-order chi connectivity index (χ1) is 29.6. The Labute approximate surface area is 349 Å². The highest BCUT2D eigenvalue weighted by Crippen LogP contribution is 2.65. The quantitative estimate of drug-likeness (QED) is 0.108. The van der Waals surface area contributed by atoms with Gasteiger partial charge in [-0.3, -0.25) is 0 Å². The molecule has 2 bridgehead atoms. The third-order valence-corrected chi connectivity index (χ3v) is 12.1. The lowest BCUT2D eigenvalue weighted by Crippen LogP contribution is -2.57. The van der Waals surface area contributed by atoms with Crippen molar-refractivity contribution in [3.8, 4) is 80.5 Å². The zero-order chi connectivity index (χ0) is 43.7. The Morgan fingerprint density at radius 3 is 1.74 bits per heavy atom. The SMILES string of the molecule is Oc1ccc(C2Oc3c(c(O)cc(O)c3C3c4c(O)cc5c(c4OC(c4ccc(O)c(O)c4)C3O)C3c4c(O)cc(O)cc4OC(c4ccc(O)c(O)c4)(O5)C3O)CC2O)cc1. The summed E-state index contributed by atoms with van der Waals surface area (Å²) in [6, 6.07) is 17.1. The number of ether oxygens (including phenoxy) is 4. The summed E-state index contributed by atoms with van der Waals surface area (Å²) >= 11 is 0. The summed E-state index contributed by atoms with van der Waals surface area (Å²) in [7, 11) is 0. The Morgan fingerprint density at radius 2 is 1.05 bits per heavy atom. The van der Waals surface area contributed by atoms with Gasteiger partial charge < -0.3 is 85.3 Å². The van der Waals surface area contributed by atoms with Gasteiger partial charge in [-0.1, -0.05) is 18.2 Å². The molecule has 0 saturated heterocycles. The van der Waals surface area contributed by atoms with E-state index in [1.807, 2.05) is 0 Å². The molecule has 8 atom stereocenters. The van der Waals surface area contributed by atoms with Gasteiger partial charge >= 0.3 is 5.79 Å². The maximum absolute atomic E-state index is 12.5. The highest BCUT2D eigenvalue weighted by molar-refractivity contribution is 5.72. The molecule has 4 aliphatic heterocycles. The van der Waals surface area contributed by atoms with E-state index in [0.29, 0.717) is 5.56 Å².